The van der Waals surface area contributed by atoms with Crippen molar-refractivity contribution in [1.82, 2.24) is 0 Å². The Morgan fingerprint density at radius 3 is 1.97 bits per heavy atom. The fourth-order valence-electron chi connectivity index (χ4n) is 8.59. The molecule has 4 rings (SSSR count). The van der Waals surface area contributed by atoms with E-state index < -0.39 is 21.7 Å². The van der Waals surface area contributed by atoms with Crippen LogP contribution in [0.4, 0.5) is 0 Å². The molecule has 4 atom stereocenters. The minimum atomic E-state index is -4.54. The SMILES string of the molecule is CC1=CC(OP(=O)(O)O)CC(C)(C)C1/C=C/C(C)=C/C=C/C(C)=C/CCCC(C)/C=C/C=C(C)/C=C/C1=C(C)CC(OP(=O)(OCc2ccccc2)OCc2ccccc2)CC1(C)C. The summed E-state index contributed by atoms with van der Waals surface area (Å²) in [5, 5.41) is 0. The number of hydrogen-bond acceptors (Lipinski definition) is 6. The van der Waals surface area contributed by atoms with Crippen molar-refractivity contribution >= 4 is 15.6 Å². The van der Waals surface area contributed by atoms with Crippen LogP contribution in [-0.4, -0.2) is 22.0 Å². The lowest BCUT2D eigenvalue weighted by atomic mass is 9.67. The normalized spacial score (nSPS) is 22.0. The Hall–Kier alpha value is -3.68. The summed E-state index contributed by atoms with van der Waals surface area (Å²) in [5.74, 6) is 0.621. The highest BCUT2D eigenvalue weighted by Gasteiger charge is 2.39. The van der Waals surface area contributed by atoms with Crippen molar-refractivity contribution in [3.05, 3.63) is 178 Å². The van der Waals surface area contributed by atoms with Crippen LogP contribution in [0.5, 0.6) is 0 Å². The highest BCUT2D eigenvalue weighted by molar-refractivity contribution is 7.48. The lowest BCUT2D eigenvalue weighted by Gasteiger charge is -2.40. The molecule has 0 amide bonds. The van der Waals surface area contributed by atoms with Gasteiger partial charge in [-0.1, -0.05) is 196 Å². The Kier molecular flexibility index (Phi) is 20.5. The molecule has 2 aromatic rings. The molecule has 2 aliphatic rings. The van der Waals surface area contributed by atoms with Crippen molar-refractivity contribution in [3.8, 4) is 0 Å². The second-order valence-corrected chi connectivity index (χ2v) is 21.8. The lowest BCUT2D eigenvalue weighted by Crippen LogP contribution is -2.33. The van der Waals surface area contributed by atoms with E-state index in [0.717, 1.165) is 41.5 Å². The van der Waals surface area contributed by atoms with Crippen molar-refractivity contribution < 1.29 is 37.0 Å². The van der Waals surface area contributed by atoms with E-state index in [4.69, 9.17) is 18.1 Å². The first-order valence-electron chi connectivity index (χ1n) is 22.6. The predicted molar refractivity (Wildman–Crippen MR) is 264 cm³/mol. The first kappa shape index (κ1) is 52.9. The molecule has 2 N–H and O–H groups in total. The summed E-state index contributed by atoms with van der Waals surface area (Å²) in [6.45, 7) is 21.6. The molecule has 4 unspecified atom stereocenters. The average molecular weight is 913 g/mol. The maximum atomic E-state index is 14.1. The first-order chi connectivity index (χ1) is 30.1. The highest BCUT2D eigenvalue weighted by atomic mass is 31.2. The molecule has 2 aliphatic carbocycles. The van der Waals surface area contributed by atoms with Crippen LogP contribution in [0, 0.1) is 22.7 Å². The van der Waals surface area contributed by atoms with Gasteiger partial charge in [0.15, 0.2) is 0 Å². The fourth-order valence-corrected chi connectivity index (χ4v) is 10.4. The quantitative estimate of drug-likeness (QED) is 0.0520. The largest absolute Gasteiger partial charge is 0.475 e. The van der Waals surface area contributed by atoms with Crippen LogP contribution in [0.15, 0.2) is 167 Å². The van der Waals surface area contributed by atoms with Gasteiger partial charge in [0, 0.05) is 5.92 Å². The summed E-state index contributed by atoms with van der Waals surface area (Å²) in [4.78, 5) is 18.5. The van der Waals surface area contributed by atoms with Crippen LogP contribution in [0.2, 0.25) is 0 Å². The summed E-state index contributed by atoms with van der Waals surface area (Å²) < 4.78 is 48.6. The van der Waals surface area contributed by atoms with Crippen LogP contribution in [0.1, 0.15) is 119 Å². The van der Waals surface area contributed by atoms with Crippen LogP contribution in [0.25, 0.3) is 0 Å². The highest BCUT2D eigenvalue weighted by Crippen LogP contribution is 2.55. The van der Waals surface area contributed by atoms with Crippen molar-refractivity contribution in [2.45, 2.75) is 133 Å². The number of allylic oxidation sites excluding steroid dienone is 16. The molecular weight excluding hydrogens is 839 g/mol. The second kappa shape index (κ2) is 24.7. The molecule has 0 heterocycles. The molecule has 2 aromatic carbocycles. The van der Waals surface area contributed by atoms with E-state index in [-0.39, 0.29) is 36.1 Å². The summed E-state index contributed by atoms with van der Waals surface area (Å²) in [7, 11) is -8.43. The van der Waals surface area contributed by atoms with Gasteiger partial charge < -0.3 is 9.79 Å². The standard InChI is InChI=1S/C54H74O8P2/c1-41(23-19-25-43(3)31-33-51-45(5)35-49(37-53(51,7)8)61-63(55,56)57)21-17-18-22-42(2)24-20-26-44(4)32-34-52-46(6)36-50(38-54(52,9)10)62-64(58,59-39-47-27-13-11-14-28-47)60-40-48-29-15-12-16-30-48/h11-16,19-21,23-35,42,49-51H,17-18,22,36-40H2,1-10H3,(H2,55,56,57)/b23-19+,24-20+,33-31+,34-32+,41-21+,43-25+,44-26+. The van der Waals surface area contributed by atoms with Crippen molar-refractivity contribution in [2.24, 2.45) is 22.7 Å². The zero-order chi connectivity index (χ0) is 47.0. The third-order valence-corrected chi connectivity index (χ3v) is 13.9. The molecule has 348 valence electrons. The third-order valence-electron chi connectivity index (χ3n) is 11.9. The van der Waals surface area contributed by atoms with Crippen molar-refractivity contribution in [3.63, 3.8) is 0 Å². The molecule has 0 radical (unpaired) electrons. The summed E-state index contributed by atoms with van der Waals surface area (Å²) >= 11 is 0. The lowest BCUT2D eigenvalue weighted by molar-refractivity contribution is 0.0508. The molecule has 0 fully saturated rings. The molecule has 0 saturated heterocycles. The molecule has 10 heteroatoms. The topological polar surface area (TPSA) is 112 Å². The van der Waals surface area contributed by atoms with Gasteiger partial charge in [-0.2, -0.15) is 0 Å². The average Bonchev–Trinajstić information content (AvgIpc) is 3.20. The zero-order valence-electron chi connectivity index (χ0n) is 39.9. The third kappa shape index (κ3) is 18.7. The number of hydrogen-bond donors (Lipinski definition) is 2. The Balaban J connectivity index is 1.24. The van der Waals surface area contributed by atoms with Crippen LogP contribution < -0.4 is 0 Å². The molecule has 0 aliphatic heterocycles. The minimum Gasteiger partial charge on any atom is -0.303 e. The Bertz CT molecular complexity index is 2150. The fraction of sp³-hybridized carbons (Fsp3) is 0.444. The van der Waals surface area contributed by atoms with Gasteiger partial charge in [0.2, 0.25) is 0 Å². The van der Waals surface area contributed by atoms with Gasteiger partial charge in [-0.3, -0.25) is 18.1 Å². The van der Waals surface area contributed by atoms with E-state index in [1.54, 1.807) is 0 Å². The van der Waals surface area contributed by atoms with E-state index in [9.17, 15) is 18.9 Å². The van der Waals surface area contributed by atoms with Crippen molar-refractivity contribution in [2.75, 3.05) is 0 Å². The Morgan fingerprint density at radius 2 is 1.39 bits per heavy atom. The van der Waals surface area contributed by atoms with E-state index >= 15 is 0 Å². The summed E-state index contributed by atoms with van der Waals surface area (Å²) in [6, 6.07) is 19.3. The van der Waals surface area contributed by atoms with Crippen LogP contribution >= 0.6 is 15.6 Å². The van der Waals surface area contributed by atoms with Gasteiger partial charge in [-0.05, 0) is 107 Å². The number of phosphoric ester groups is 2. The molecule has 0 aromatic heterocycles. The van der Waals surface area contributed by atoms with Crippen molar-refractivity contribution in [1.29, 1.82) is 0 Å². The molecule has 0 saturated carbocycles. The predicted octanol–water partition coefficient (Wildman–Crippen LogP) is 15.4. The van der Waals surface area contributed by atoms with Gasteiger partial charge in [0.05, 0.1) is 25.4 Å². The van der Waals surface area contributed by atoms with Crippen LogP contribution in [-0.2, 0) is 40.4 Å². The van der Waals surface area contributed by atoms with E-state index in [0.29, 0.717) is 25.2 Å². The maximum Gasteiger partial charge on any atom is 0.475 e. The minimum absolute atomic E-state index is 0.132. The molecule has 0 spiro atoms. The van der Waals surface area contributed by atoms with Gasteiger partial charge >= 0.3 is 15.6 Å². The Morgan fingerprint density at radius 1 is 0.797 bits per heavy atom. The van der Waals surface area contributed by atoms with Gasteiger partial charge in [0.1, 0.15) is 0 Å². The van der Waals surface area contributed by atoms with Gasteiger partial charge in [-0.25, -0.2) is 9.13 Å². The summed E-state index contributed by atoms with van der Waals surface area (Å²) in [6.07, 6.45) is 30.0. The second-order valence-electron chi connectivity index (χ2n) is 19.0. The number of rotatable bonds is 22. The van der Waals surface area contributed by atoms with E-state index in [1.807, 2.05) is 73.7 Å². The molecular formula is C54H74O8P2. The summed E-state index contributed by atoms with van der Waals surface area (Å²) in [5.41, 5.74) is 8.46. The van der Waals surface area contributed by atoms with E-state index in [2.05, 4.69) is 129 Å². The van der Waals surface area contributed by atoms with Gasteiger partial charge in [-0.15, -0.1) is 0 Å². The number of phosphoric acid groups is 2. The first-order valence-corrected chi connectivity index (χ1v) is 25.6. The molecule has 64 heavy (non-hydrogen) atoms. The zero-order valence-corrected chi connectivity index (χ0v) is 41.7. The van der Waals surface area contributed by atoms with E-state index in [1.165, 1.54) is 22.3 Å². The monoisotopic (exact) mass is 912 g/mol. The maximum absolute atomic E-state index is 14.1. The van der Waals surface area contributed by atoms with Gasteiger partial charge in [0.25, 0.3) is 0 Å². The molecule has 0 bridgehead atoms. The smallest absolute Gasteiger partial charge is 0.303 e. The number of benzene rings is 2. The molecule has 8 nitrogen and oxygen atoms in total. The van der Waals surface area contributed by atoms with Crippen LogP contribution in [0.3, 0.4) is 0 Å². The number of unbranched alkanes of at least 4 members (excludes halogenated alkanes) is 1. The Labute approximate surface area is 385 Å².